The predicted molar refractivity (Wildman–Crippen MR) is 118 cm³/mol. The Bertz CT molecular complexity index is 709. The molecule has 2 rings (SSSR count). The van der Waals surface area contributed by atoms with Gasteiger partial charge in [0, 0.05) is 24.1 Å². The summed E-state index contributed by atoms with van der Waals surface area (Å²) in [6, 6.07) is 17.7. The zero-order chi connectivity index (χ0) is 19.6. The molecule has 0 aromatic heterocycles. The molecule has 1 amide bonds. The molecule has 0 aliphatic carbocycles. The number of halogens is 1. The van der Waals surface area contributed by atoms with E-state index in [1.165, 1.54) is 6.42 Å². The molecule has 5 heteroatoms. The zero-order valence-corrected chi connectivity index (χ0v) is 17.6. The second-order valence-electron chi connectivity index (χ2n) is 7.27. The molecular weight excluding hydrogens is 372 g/mol. The molecule has 0 saturated carbocycles. The van der Waals surface area contributed by atoms with Gasteiger partial charge in [-0.3, -0.25) is 4.79 Å². The van der Waals surface area contributed by atoms with Crippen LogP contribution in [0.25, 0.3) is 0 Å². The molecule has 0 fully saturated rings. The van der Waals surface area contributed by atoms with Crippen LogP contribution >= 0.6 is 12.4 Å². The lowest BCUT2D eigenvalue weighted by Crippen LogP contribution is -2.38. The van der Waals surface area contributed by atoms with Crippen LogP contribution in [0.15, 0.2) is 54.6 Å². The number of rotatable bonds is 11. The highest BCUT2D eigenvalue weighted by Crippen LogP contribution is 2.27. The number of carbonyl (C=O) groups excluding carboxylic acids is 1. The van der Waals surface area contributed by atoms with Gasteiger partial charge in [0.1, 0.15) is 0 Å². The lowest BCUT2D eigenvalue weighted by Gasteiger charge is -2.27. The van der Waals surface area contributed by atoms with E-state index in [9.17, 15) is 9.90 Å². The summed E-state index contributed by atoms with van der Waals surface area (Å²) in [6.45, 7) is 4.81. The third kappa shape index (κ3) is 7.27. The van der Waals surface area contributed by atoms with E-state index in [-0.39, 0.29) is 18.3 Å². The molecule has 0 aliphatic rings. The summed E-state index contributed by atoms with van der Waals surface area (Å²) < 4.78 is 0. The van der Waals surface area contributed by atoms with Crippen molar-refractivity contribution in [2.75, 3.05) is 6.54 Å². The number of amides is 1. The summed E-state index contributed by atoms with van der Waals surface area (Å²) in [4.78, 5) is 11.9. The number of hydrogen-bond donors (Lipinski definition) is 3. The van der Waals surface area contributed by atoms with Crippen LogP contribution in [0, 0.1) is 0 Å². The molecule has 1 unspecified atom stereocenters. The highest BCUT2D eigenvalue weighted by atomic mass is 35.5. The van der Waals surface area contributed by atoms with Gasteiger partial charge in [0.2, 0.25) is 5.91 Å². The Balaban J connectivity index is 0.00000392. The fourth-order valence-electron chi connectivity index (χ4n) is 3.44. The SMILES string of the molecule is CCCCC(C)NC[C@H](O)[C@@H](Cc1ccccc1)c1ccccc1C(N)=O.Cl. The van der Waals surface area contributed by atoms with Crippen LogP contribution in [0.3, 0.4) is 0 Å². The fraction of sp³-hybridized carbons (Fsp3) is 0.435. The first kappa shape index (κ1) is 24.2. The Labute approximate surface area is 175 Å². The van der Waals surface area contributed by atoms with E-state index in [4.69, 9.17) is 5.73 Å². The van der Waals surface area contributed by atoms with E-state index >= 15 is 0 Å². The van der Waals surface area contributed by atoms with E-state index in [0.717, 1.165) is 24.0 Å². The quantitative estimate of drug-likeness (QED) is 0.528. The normalized spacial score (nSPS) is 14.0. The molecule has 0 bridgehead atoms. The highest BCUT2D eigenvalue weighted by molar-refractivity contribution is 5.94. The van der Waals surface area contributed by atoms with E-state index in [0.29, 0.717) is 24.6 Å². The van der Waals surface area contributed by atoms with Crippen LogP contribution in [0.5, 0.6) is 0 Å². The first-order valence-electron chi connectivity index (χ1n) is 9.87. The summed E-state index contributed by atoms with van der Waals surface area (Å²) in [5, 5.41) is 14.4. The highest BCUT2D eigenvalue weighted by Gasteiger charge is 2.25. The standard InChI is InChI=1S/C23H32N2O2.ClH/c1-3-4-10-17(2)25-16-22(26)21(15-18-11-6-5-7-12-18)19-13-8-9-14-20(19)23(24)27;/h5-9,11-14,17,21-22,25-26H,3-4,10,15-16H2,1-2H3,(H2,24,27);1H/t17?,21-,22-;/m0./s1. The second kappa shape index (κ2) is 12.6. The second-order valence-corrected chi connectivity index (χ2v) is 7.27. The van der Waals surface area contributed by atoms with E-state index in [1.54, 1.807) is 12.1 Å². The van der Waals surface area contributed by atoms with Crippen LogP contribution < -0.4 is 11.1 Å². The largest absolute Gasteiger partial charge is 0.391 e. The number of aliphatic hydroxyl groups is 1. The topological polar surface area (TPSA) is 75.3 Å². The molecule has 4 nitrogen and oxygen atoms in total. The maximum atomic E-state index is 11.9. The number of benzene rings is 2. The minimum Gasteiger partial charge on any atom is -0.391 e. The molecule has 2 aromatic rings. The molecular formula is C23H33ClN2O2. The first-order chi connectivity index (χ1) is 13.0. The first-order valence-corrected chi connectivity index (χ1v) is 9.87. The average molecular weight is 405 g/mol. The predicted octanol–water partition coefficient (Wildman–Crippen LogP) is 4.06. The maximum absolute atomic E-state index is 11.9. The number of unbranched alkanes of at least 4 members (excludes halogenated alkanes) is 1. The zero-order valence-electron chi connectivity index (χ0n) is 16.8. The van der Waals surface area contributed by atoms with Gasteiger partial charge in [0.15, 0.2) is 0 Å². The third-order valence-electron chi connectivity index (χ3n) is 5.05. The summed E-state index contributed by atoms with van der Waals surface area (Å²) in [6.07, 6.45) is 3.45. The number of hydrogen-bond acceptors (Lipinski definition) is 3. The van der Waals surface area contributed by atoms with E-state index < -0.39 is 12.0 Å². The average Bonchev–Trinajstić information content (AvgIpc) is 2.69. The number of carbonyl (C=O) groups is 1. The minimum atomic E-state index is -0.616. The van der Waals surface area contributed by atoms with Gasteiger partial charge in [-0.1, -0.05) is 68.3 Å². The number of nitrogens with one attached hydrogen (secondary N) is 1. The van der Waals surface area contributed by atoms with Gasteiger partial charge in [-0.15, -0.1) is 12.4 Å². The van der Waals surface area contributed by atoms with Crippen molar-refractivity contribution in [1.29, 1.82) is 0 Å². The summed E-state index contributed by atoms with van der Waals surface area (Å²) >= 11 is 0. The van der Waals surface area contributed by atoms with Gasteiger partial charge in [-0.2, -0.15) is 0 Å². The van der Waals surface area contributed by atoms with Crippen molar-refractivity contribution in [3.8, 4) is 0 Å². The smallest absolute Gasteiger partial charge is 0.248 e. The van der Waals surface area contributed by atoms with Crippen LogP contribution in [0.4, 0.5) is 0 Å². The Hall–Kier alpha value is -1.88. The lowest BCUT2D eigenvalue weighted by atomic mass is 9.84. The lowest BCUT2D eigenvalue weighted by molar-refractivity contribution is 0.0995. The van der Waals surface area contributed by atoms with E-state index in [2.05, 4.69) is 19.2 Å². The molecule has 3 atom stereocenters. The molecule has 0 heterocycles. The Morgan fingerprint density at radius 1 is 1.11 bits per heavy atom. The number of aliphatic hydroxyl groups excluding tert-OH is 1. The molecule has 4 N–H and O–H groups in total. The van der Waals surface area contributed by atoms with Gasteiger partial charge in [0.05, 0.1) is 6.10 Å². The van der Waals surface area contributed by atoms with Crippen molar-refractivity contribution in [2.45, 2.75) is 57.6 Å². The van der Waals surface area contributed by atoms with Gasteiger partial charge in [0.25, 0.3) is 0 Å². The van der Waals surface area contributed by atoms with Crippen molar-refractivity contribution in [3.63, 3.8) is 0 Å². The minimum absolute atomic E-state index is 0. The summed E-state index contributed by atoms with van der Waals surface area (Å²) in [7, 11) is 0. The van der Waals surface area contributed by atoms with Crippen LogP contribution in [0.1, 0.15) is 60.5 Å². The Morgan fingerprint density at radius 3 is 2.39 bits per heavy atom. The number of primary amides is 1. The van der Waals surface area contributed by atoms with Crippen molar-refractivity contribution < 1.29 is 9.90 Å². The van der Waals surface area contributed by atoms with Crippen LogP contribution in [-0.2, 0) is 6.42 Å². The van der Waals surface area contributed by atoms with Crippen LogP contribution in [-0.4, -0.2) is 29.7 Å². The number of nitrogens with two attached hydrogens (primary N) is 1. The van der Waals surface area contributed by atoms with E-state index in [1.807, 2.05) is 42.5 Å². The van der Waals surface area contributed by atoms with Crippen molar-refractivity contribution in [2.24, 2.45) is 5.73 Å². The Kier molecular flexibility index (Phi) is 10.8. The van der Waals surface area contributed by atoms with Gasteiger partial charge in [-0.05, 0) is 37.0 Å². The monoisotopic (exact) mass is 404 g/mol. The van der Waals surface area contributed by atoms with Crippen molar-refractivity contribution in [3.05, 3.63) is 71.3 Å². The molecule has 154 valence electrons. The Morgan fingerprint density at radius 2 is 1.75 bits per heavy atom. The van der Waals surface area contributed by atoms with Gasteiger partial charge < -0.3 is 16.2 Å². The fourth-order valence-corrected chi connectivity index (χ4v) is 3.44. The molecule has 28 heavy (non-hydrogen) atoms. The molecule has 0 aliphatic heterocycles. The van der Waals surface area contributed by atoms with Crippen molar-refractivity contribution in [1.82, 2.24) is 5.32 Å². The molecule has 2 aromatic carbocycles. The summed E-state index contributed by atoms with van der Waals surface area (Å²) in [5.41, 5.74) is 8.00. The maximum Gasteiger partial charge on any atom is 0.248 e. The summed E-state index contributed by atoms with van der Waals surface area (Å²) in [5.74, 6) is -0.665. The van der Waals surface area contributed by atoms with Crippen molar-refractivity contribution >= 4 is 18.3 Å². The molecule has 0 spiro atoms. The van der Waals surface area contributed by atoms with Gasteiger partial charge >= 0.3 is 0 Å². The third-order valence-corrected chi connectivity index (χ3v) is 5.05. The van der Waals surface area contributed by atoms with Crippen LogP contribution in [0.2, 0.25) is 0 Å². The van der Waals surface area contributed by atoms with Gasteiger partial charge in [-0.25, -0.2) is 0 Å². The molecule has 0 saturated heterocycles. The molecule has 0 radical (unpaired) electrons.